The zero-order valence-electron chi connectivity index (χ0n) is 22.9. The minimum absolute atomic E-state index is 0.0228. The number of nitrogens with zero attached hydrogens (tertiary/aromatic N) is 4. The van der Waals surface area contributed by atoms with E-state index >= 15 is 0 Å². The molecule has 1 amide bonds. The van der Waals surface area contributed by atoms with Crippen molar-refractivity contribution < 1.29 is 9.53 Å². The van der Waals surface area contributed by atoms with E-state index in [1.807, 2.05) is 37.9 Å². The van der Waals surface area contributed by atoms with Crippen LogP contribution in [0.5, 0.6) is 0 Å². The van der Waals surface area contributed by atoms with Crippen LogP contribution in [0.2, 0.25) is 0 Å². The van der Waals surface area contributed by atoms with E-state index < -0.39 is 5.60 Å². The molecule has 0 saturated carbocycles. The minimum atomic E-state index is -0.533. The Kier molecular flexibility index (Phi) is 7.46. The first-order chi connectivity index (χ1) is 17.7. The third-order valence-corrected chi connectivity index (χ3v) is 8.17. The van der Waals surface area contributed by atoms with Crippen molar-refractivity contribution in [1.82, 2.24) is 14.8 Å². The molecule has 7 nitrogen and oxygen atoms in total. The van der Waals surface area contributed by atoms with Gasteiger partial charge in [-0.25, -0.2) is 4.79 Å². The van der Waals surface area contributed by atoms with Crippen LogP contribution in [0, 0.1) is 0 Å². The van der Waals surface area contributed by atoms with Crippen LogP contribution < -0.4 is 10.6 Å². The van der Waals surface area contributed by atoms with Crippen molar-refractivity contribution in [1.29, 1.82) is 0 Å². The lowest BCUT2D eigenvalue weighted by Gasteiger charge is -2.43. The van der Waals surface area contributed by atoms with Gasteiger partial charge in [0.05, 0.1) is 17.8 Å². The molecule has 1 aromatic carbocycles. The quantitative estimate of drug-likeness (QED) is 0.650. The summed E-state index contributed by atoms with van der Waals surface area (Å²) in [4.78, 5) is 25.1. The van der Waals surface area contributed by atoms with Crippen LogP contribution in [-0.2, 0) is 24.1 Å². The van der Waals surface area contributed by atoms with Gasteiger partial charge in [0.2, 0.25) is 0 Å². The highest BCUT2D eigenvalue weighted by Crippen LogP contribution is 2.36. The molecule has 3 heterocycles. The number of amides is 1. The standard InChI is InChI=1S/C30H43N5O2/c1-30(2,3)37-29(36)35-19-22-9-6-11-26(34-16-13-23(31)14-17-34)25(22)18-24(35)20-33(4)27-12-5-8-21-10-7-15-32-28(21)27/h6-7,9-11,15,23-24,27H,5,8,12-14,16-20,31H2,1-4H3/t24-,27+/m1/s1. The number of aromatic nitrogens is 1. The molecule has 7 heteroatoms. The van der Waals surface area contributed by atoms with E-state index in [0.717, 1.165) is 58.2 Å². The number of benzene rings is 1. The van der Waals surface area contributed by atoms with E-state index in [-0.39, 0.29) is 18.2 Å². The number of pyridine rings is 1. The Morgan fingerprint density at radius 3 is 2.65 bits per heavy atom. The van der Waals surface area contributed by atoms with Crippen LogP contribution in [0.4, 0.5) is 10.5 Å². The van der Waals surface area contributed by atoms with Gasteiger partial charge in [0.15, 0.2) is 0 Å². The molecule has 5 rings (SSSR count). The number of carbonyl (C=O) groups is 1. The average molecular weight is 506 g/mol. The van der Waals surface area contributed by atoms with Crippen molar-refractivity contribution in [3.63, 3.8) is 0 Å². The number of hydrogen-bond donors (Lipinski definition) is 1. The van der Waals surface area contributed by atoms with Gasteiger partial charge < -0.3 is 15.4 Å². The number of nitrogens with two attached hydrogens (primary N) is 1. The predicted octanol–water partition coefficient (Wildman–Crippen LogP) is 4.68. The SMILES string of the molecule is CN(C[C@H]1Cc2c(cccc2N2CCC(N)CC2)CN1C(=O)OC(C)(C)C)[C@H]1CCCc2cccnc21. The Morgan fingerprint density at radius 1 is 1.14 bits per heavy atom. The first-order valence-corrected chi connectivity index (χ1v) is 13.9. The number of piperidine rings is 1. The summed E-state index contributed by atoms with van der Waals surface area (Å²) >= 11 is 0. The summed E-state index contributed by atoms with van der Waals surface area (Å²) < 4.78 is 5.90. The van der Waals surface area contributed by atoms with Crippen molar-refractivity contribution in [3.8, 4) is 0 Å². The van der Waals surface area contributed by atoms with Gasteiger partial charge in [-0.15, -0.1) is 0 Å². The summed E-state index contributed by atoms with van der Waals surface area (Å²) in [5.41, 5.74) is 12.1. The molecule has 1 aromatic heterocycles. The van der Waals surface area contributed by atoms with Crippen LogP contribution in [0.3, 0.4) is 0 Å². The molecule has 1 aliphatic carbocycles. The maximum absolute atomic E-state index is 13.5. The van der Waals surface area contributed by atoms with Crippen molar-refractivity contribution in [2.75, 3.05) is 31.6 Å². The summed E-state index contributed by atoms with van der Waals surface area (Å²) in [6, 6.07) is 11.4. The van der Waals surface area contributed by atoms with Crippen LogP contribution in [0.1, 0.15) is 74.9 Å². The Bertz CT molecular complexity index is 1110. The van der Waals surface area contributed by atoms with Crippen molar-refractivity contribution >= 4 is 11.8 Å². The van der Waals surface area contributed by atoms with E-state index in [9.17, 15) is 4.79 Å². The lowest BCUT2D eigenvalue weighted by atomic mass is 9.89. The maximum Gasteiger partial charge on any atom is 0.410 e. The van der Waals surface area contributed by atoms with Crippen molar-refractivity contribution in [3.05, 3.63) is 58.9 Å². The van der Waals surface area contributed by atoms with E-state index in [1.54, 1.807) is 0 Å². The number of aryl methyl sites for hydroxylation is 1. The molecule has 3 aliphatic rings. The fourth-order valence-electron chi connectivity index (χ4n) is 6.27. The summed E-state index contributed by atoms with van der Waals surface area (Å²) in [6.45, 7) is 9.14. The summed E-state index contributed by atoms with van der Waals surface area (Å²) in [7, 11) is 2.19. The van der Waals surface area contributed by atoms with Gasteiger partial charge >= 0.3 is 6.09 Å². The summed E-state index contributed by atoms with van der Waals surface area (Å²) in [5.74, 6) is 0. The number of likely N-dealkylation sites (N-methyl/N-ethyl adjacent to an activating group) is 1. The zero-order valence-corrected chi connectivity index (χ0v) is 22.9. The average Bonchev–Trinajstić information content (AvgIpc) is 2.87. The highest BCUT2D eigenvalue weighted by atomic mass is 16.6. The molecule has 200 valence electrons. The number of hydrogen-bond acceptors (Lipinski definition) is 6. The summed E-state index contributed by atoms with van der Waals surface area (Å²) in [6.07, 6.45) is 7.89. The van der Waals surface area contributed by atoms with Crippen LogP contribution in [-0.4, -0.2) is 65.2 Å². The van der Waals surface area contributed by atoms with Gasteiger partial charge in [0.1, 0.15) is 5.60 Å². The highest BCUT2D eigenvalue weighted by molar-refractivity contribution is 5.70. The first-order valence-electron chi connectivity index (χ1n) is 13.9. The fourth-order valence-corrected chi connectivity index (χ4v) is 6.27. The third-order valence-electron chi connectivity index (χ3n) is 8.17. The minimum Gasteiger partial charge on any atom is -0.444 e. The Morgan fingerprint density at radius 2 is 1.89 bits per heavy atom. The molecule has 0 bridgehead atoms. The van der Waals surface area contributed by atoms with E-state index in [1.165, 1.54) is 28.1 Å². The number of rotatable bonds is 4. The lowest BCUT2D eigenvalue weighted by molar-refractivity contribution is 0.00645. The lowest BCUT2D eigenvalue weighted by Crippen LogP contribution is -2.52. The molecule has 2 aromatic rings. The molecule has 0 radical (unpaired) electrons. The molecule has 1 fully saturated rings. The normalized spacial score (nSPS) is 22.5. The highest BCUT2D eigenvalue weighted by Gasteiger charge is 2.37. The zero-order chi connectivity index (χ0) is 26.2. The number of ether oxygens (including phenoxy) is 1. The Hall–Kier alpha value is -2.64. The molecule has 37 heavy (non-hydrogen) atoms. The third kappa shape index (κ3) is 5.78. The molecule has 2 atom stereocenters. The first kappa shape index (κ1) is 26.0. The van der Waals surface area contributed by atoms with Gasteiger partial charge in [-0.3, -0.25) is 14.8 Å². The second kappa shape index (κ2) is 10.6. The number of anilines is 1. The molecule has 0 spiro atoms. The second-order valence-corrected chi connectivity index (χ2v) is 12.1. The Balaban J connectivity index is 1.43. The van der Waals surface area contributed by atoms with E-state index in [4.69, 9.17) is 15.5 Å². The van der Waals surface area contributed by atoms with Gasteiger partial charge in [-0.2, -0.15) is 0 Å². The van der Waals surface area contributed by atoms with E-state index in [0.29, 0.717) is 12.6 Å². The maximum atomic E-state index is 13.5. The Labute approximate surface area is 222 Å². The number of carbonyl (C=O) groups excluding carboxylic acids is 1. The molecular formula is C30H43N5O2. The second-order valence-electron chi connectivity index (χ2n) is 12.1. The molecule has 2 aliphatic heterocycles. The topological polar surface area (TPSA) is 74.9 Å². The smallest absolute Gasteiger partial charge is 0.410 e. The molecule has 0 unspecified atom stereocenters. The summed E-state index contributed by atoms with van der Waals surface area (Å²) in [5, 5.41) is 0. The largest absolute Gasteiger partial charge is 0.444 e. The van der Waals surface area contributed by atoms with Gasteiger partial charge in [-0.1, -0.05) is 18.2 Å². The van der Waals surface area contributed by atoms with Crippen molar-refractivity contribution in [2.24, 2.45) is 5.73 Å². The van der Waals surface area contributed by atoms with Gasteiger partial charge in [-0.05, 0) is 95.2 Å². The fraction of sp³-hybridized carbons (Fsp3) is 0.600. The molecule has 2 N–H and O–H groups in total. The molecule has 1 saturated heterocycles. The van der Waals surface area contributed by atoms with E-state index in [2.05, 4.69) is 41.1 Å². The number of fused-ring (bicyclic) bond motifs is 2. The van der Waals surface area contributed by atoms with Gasteiger partial charge in [0.25, 0.3) is 0 Å². The van der Waals surface area contributed by atoms with Gasteiger partial charge in [0, 0.05) is 44.1 Å². The molecular weight excluding hydrogens is 462 g/mol. The van der Waals surface area contributed by atoms with Crippen LogP contribution in [0.15, 0.2) is 36.5 Å². The predicted molar refractivity (Wildman–Crippen MR) is 148 cm³/mol. The monoisotopic (exact) mass is 505 g/mol. The van der Waals surface area contributed by atoms with Crippen molar-refractivity contribution in [2.45, 2.75) is 89.6 Å². The van der Waals surface area contributed by atoms with Crippen LogP contribution >= 0.6 is 0 Å². The van der Waals surface area contributed by atoms with Crippen LogP contribution in [0.25, 0.3) is 0 Å².